The summed E-state index contributed by atoms with van der Waals surface area (Å²) >= 11 is 0. The van der Waals surface area contributed by atoms with E-state index in [4.69, 9.17) is 0 Å². The summed E-state index contributed by atoms with van der Waals surface area (Å²) in [6, 6.07) is 9.42. The van der Waals surface area contributed by atoms with Crippen molar-refractivity contribution in [2.24, 2.45) is 11.8 Å². The van der Waals surface area contributed by atoms with Crippen LogP contribution in [-0.4, -0.2) is 76.0 Å². The summed E-state index contributed by atoms with van der Waals surface area (Å²) in [5, 5.41) is 0. The first-order chi connectivity index (χ1) is 15.9. The summed E-state index contributed by atoms with van der Waals surface area (Å²) in [6.45, 7) is 3.37. The van der Waals surface area contributed by atoms with Crippen molar-refractivity contribution in [1.82, 2.24) is 19.4 Å². The van der Waals surface area contributed by atoms with E-state index in [0.29, 0.717) is 50.2 Å². The highest BCUT2D eigenvalue weighted by Crippen LogP contribution is 2.38. The Bertz CT molecular complexity index is 920. The lowest BCUT2D eigenvalue weighted by atomic mass is 9.76. The monoisotopic (exact) mass is 474 g/mol. The number of nitrogens with zero attached hydrogens (tertiary/aromatic N) is 3. The van der Waals surface area contributed by atoms with E-state index < -0.39 is 10.4 Å². The Labute approximate surface area is 197 Å². The van der Waals surface area contributed by atoms with Crippen molar-refractivity contribution in [3.05, 3.63) is 35.9 Å². The molecule has 0 aliphatic carbocycles. The Kier molecular flexibility index (Phi) is 6.46. The molecule has 0 saturated carbocycles. The fraction of sp³-hybridized carbons (Fsp3) is 0.667. The number of carbonyl (C=O) groups excluding carboxylic acids is 2. The van der Waals surface area contributed by atoms with Gasteiger partial charge in [0.15, 0.2) is 5.75 Å². The molecule has 1 aromatic carbocycles. The third-order valence-corrected chi connectivity index (χ3v) is 9.17. The Balaban J connectivity index is 1.13. The molecule has 0 spiro atoms. The third kappa shape index (κ3) is 5.10. The Morgan fingerprint density at radius 3 is 2.58 bits per heavy atom. The van der Waals surface area contributed by atoms with Crippen molar-refractivity contribution in [3.63, 3.8) is 0 Å². The number of hydrogen-bond donors (Lipinski definition) is 1. The molecule has 1 aromatic rings. The first kappa shape index (κ1) is 22.8. The van der Waals surface area contributed by atoms with E-state index in [-0.39, 0.29) is 23.7 Å². The SMILES string of the molecule is O=C(N1CCC(N[S+](=O)([O-])Cc2ccccc2)CC1)N1CC2CC(C1)[C@H]1CCCC(=O)N1C2. The topological polar surface area (TPSA) is 96.0 Å². The van der Waals surface area contributed by atoms with E-state index in [2.05, 4.69) is 9.62 Å². The Morgan fingerprint density at radius 1 is 1.06 bits per heavy atom. The van der Waals surface area contributed by atoms with E-state index in [1.165, 1.54) is 0 Å². The number of piperidine rings is 4. The van der Waals surface area contributed by atoms with E-state index in [1.54, 1.807) is 0 Å². The summed E-state index contributed by atoms with van der Waals surface area (Å²) in [4.78, 5) is 31.6. The molecule has 9 heteroatoms. The summed E-state index contributed by atoms with van der Waals surface area (Å²) in [6.07, 6.45) is 5.06. The molecule has 3 amide bonds. The van der Waals surface area contributed by atoms with Gasteiger partial charge in [-0.05, 0) is 43.9 Å². The quantitative estimate of drug-likeness (QED) is 0.677. The van der Waals surface area contributed by atoms with Gasteiger partial charge in [0.1, 0.15) is 10.4 Å². The second kappa shape index (κ2) is 9.35. The number of urea groups is 1. The minimum Gasteiger partial charge on any atom is -0.597 e. The van der Waals surface area contributed by atoms with Gasteiger partial charge >= 0.3 is 6.03 Å². The molecular formula is C24H34N4O4S. The minimum absolute atomic E-state index is 0.0236. The first-order valence-corrected chi connectivity index (χ1v) is 13.9. The summed E-state index contributed by atoms with van der Waals surface area (Å²) < 4.78 is 27.9. The zero-order chi connectivity index (χ0) is 23.0. The predicted molar refractivity (Wildman–Crippen MR) is 125 cm³/mol. The molecular weight excluding hydrogens is 440 g/mol. The second-order valence-electron chi connectivity index (χ2n) is 10.2. The Hall–Kier alpha value is -1.97. The molecule has 8 nitrogen and oxygen atoms in total. The van der Waals surface area contributed by atoms with Gasteiger partial charge in [0, 0.05) is 50.7 Å². The average Bonchev–Trinajstić information content (AvgIpc) is 2.80. The van der Waals surface area contributed by atoms with Crippen LogP contribution >= 0.6 is 0 Å². The van der Waals surface area contributed by atoms with E-state index in [0.717, 1.165) is 44.5 Å². The second-order valence-corrected chi connectivity index (χ2v) is 11.9. The number of amides is 3. The lowest BCUT2D eigenvalue weighted by Gasteiger charge is -2.53. The van der Waals surface area contributed by atoms with Gasteiger partial charge in [-0.3, -0.25) is 4.79 Å². The maximum absolute atomic E-state index is 13.3. The molecule has 1 N–H and O–H groups in total. The minimum atomic E-state index is -3.41. The maximum Gasteiger partial charge on any atom is 0.320 e. The average molecular weight is 475 g/mol. The molecule has 180 valence electrons. The van der Waals surface area contributed by atoms with Crippen LogP contribution in [0.5, 0.6) is 0 Å². The van der Waals surface area contributed by atoms with E-state index in [1.807, 2.05) is 40.1 Å². The number of sulfonamides is 1. The van der Waals surface area contributed by atoms with Crippen molar-refractivity contribution in [3.8, 4) is 0 Å². The highest BCUT2D eigenvalue weighted by Gasteiger charge is 2.45. The van der Waals surface area contributed by atoms with Crippen molar-refractivity contribution < 1.29 is 18.4 Å². The molecule has 4 aliphatic heterocycles. The van der Waals surface area contributed by atoms with Crippen LogP contribution in [0.15, 0.2) is 30.3 Å². The van der Waals surface area contributed by atoms with Crippen LogP contribution in [0, 0.1) is 11.8 Å². The normalized spacial score (nSPS) is 30.0. The van der Waals surface area contributed by atoms with Gasteiger partial charge in [-0.15, -0.1) is 4.72 Å². The number of rotatable bonds is 4. The number of benzene rings is 1. The van der Waals surface area contributed by atoms with Crippen LogP contribution in [0.3, 0.4) is 0 Å². The summed E-state index contributed by atoms with van der Waals surface area (Å²) in [5.41, 5.74) is 0.770. The lowest BCUT2D eigenvalue weighted by molar-refractivity contribution is -0.144. The molecule has 4 heterocycles. The maximum atomic E-state index is 13.3. The molecule has 3 unspecified atom stereocenters. The number of nitrogens with one attached hydrogen (secondary N) is 1. The van der Waals surface area contributed by atoms with Gasteiger partial charge < -0.3 is 19.3 Å². The van der Waals surface area contributed by atoms with Gasteiger partial charge in [-0.2, -0.15) is 0 Å². The van der Waals surface area contributed by atoms with Gasteiger partial charge in [0.25, 0.3) is 0 Å². The molecule has 33 heavy (non-hydrogen) atoms. The molecule has 4 saturated heterocycles. The van der Waals surface area contributed by atoms with Gasteiger partial charge in [-0.25, -0.2) is 4.79 Å². The molecule has 0 aromatic heterocycles. The van der Waals surface area contributed by atoms with Gasteiger partial charge in [0.2, 0.25) is 5.91 Å². The standard InChI is InChI=1S/C24H34N4O4S/c29-23-8-4-7-22-20-13-19(15-28(22)23)14-27(16-20)24(30)26-11-9-21(10-12-26)25-33(31,32)17-18-5-2-1-3-6-18/h1-3,5-6,19-22H,4,7-17H2,(H-,25,31,32)/t19?,20?,22-/m1/s1. The smallest absolute Gasteiger partial charge is 0.320 e. The largest absolute Gasteiger partial charge is 0.597 e. The number of carbonyl (C=O) groups is 2. The Morgan fingerprint density at radius 2 is 1.82 bits per heavy atom. The van der Waals surface area contributed by atoms with E-state index in [9.17, 15) is 18.4 Å². The highest BCUT2D eigenvalue weighted by molar-refractivity contribution is 7.95. The van der Waals surface area contributed by atoms with Crippen LogP contribution in [0.25, 0.3) is 0 Å². The van der Waals surface area contributed by atoms with Crippen molar-refractivity contribution in [1.29, 1.82) is 0 Å². The molecule has 4 atom stereocenters. The van der Waals surface area contributed by atoms with Crippen LogP contribution in [-0.2, 0) is 25.2 Å². The molecule has 5 rings (SSSR count). The fourth-order valence-electron chi connectivity index (χ4n) is 6.24. The number of likely N-dealkylation sites (tertiary alicyclic amines) is 2. The molecule has 2 bridgehead atoms. The van der Waals surface area contributed by atoms with Crippen molar-refractivity contribution in [2.45, 2.75) is 56.4 Å². The predicted octanol–water partition coefficient (Wildman–Crippen LogP) is 2.24. The highest BCUT2D eigenvalue weighted by atomic mass is 32.3. The van der Waals surface area contributed by atoms with Gasteiger partial charge in [-0.1, -0.05) is 34.5 Å². The van der Waals surface area contributed by atoms with Crippen LogP contribution in [0.2, 0.25) is 0 Å². The zero-order valence-corrected chi connectivity index (χ0v) is 19.9. The van der Waals surface area contributed by atoms with Gasteiger partial charge in [0.05, 0.1) is 6.04 Å². The number of fused-ring (bicyclic) bond motifs is 4. The third-order valence-electron chi connectivity index (χ3n) is 7.76. The van der Waals surface area contributed by atoms with Crippen molar-refractivity contribution >= 4 is 22.3 Å². The number of hydrogen-bond acceptors (Lipinski definition) is 4. The summed E-state index contributed by atoms with van der Waals surface area (Å²) in [5.74, 6) is 1.02. The van der Waals surface area contributed by atoms with Crippen LogP contribution in [0.4, 0.5) is 4.79 Å². The molecule has 0 radical (unpaired) electrons. The lowest BCUT2D eigenvalue weighted by Crippen LogP contribution is -2.62. The van der Waals surface area contributed by atoms with Crippen LogP contribution in [0.1, 0.15) is 44.1 Å². The van der Waals surface area contributed by atoms with Crippen molar-refractivity contribution in [2.75, 3.05) is 32.7 Å². The summed E-state index contributed by atoms with van der Waals surface area (Å²) in [7, 11) is -3.41. The van der Waals surface area contributed by atoms with Crippen LogP contribution < -0.4 is 4.72 Å². The first-order valence-electron chi connectivity index (χ1n) is 12.3. The zero-order valence-electron chi connectivity index (χ0n) is 19.1. The van der Waals surface area contributed by atoms with E-state index >= 15 is 0 Å². The molecule has 4 fully saturated rings. The fourth-order valence-corrected chi connectivity index (χ4v) is 7.70. The molecule has 4 aliphatic rings.